The van der Waals surface area contributed by atoms with E-state index < -0.39 is 14.7 Å². The molecule has 0 aliphatic carbocycles. The fourth-order valence-corrected chi connectivity index (χ4v) is 0. The first-order valence-electron chi connectivity index (χ1n) is 1.98. The normalized spacial score (nSPS) is 7.12. The molecule has 0 saturated heterocycles. The van der Waals surface area contributed by atoms with Crippen molar-refractivity contribution in [1.29, 1.82) is 0 Å². The maximum atomic E-state index is 4.97. The van der Waals surface area contributed by atoms with Crippen LogP contribution in [0, 0.1) is 6.92 Å². The molecular formula is C3H8Cl3NTi. The van der Waals surface area contributed by atoms with Crippen molar-refractivity contribution in [3.05, 3.63) is 6.92 Å². The van der Waals surface area contributed by atoms with Gasteiger partial charge in [-0.1, -0.05) is 0 Å². The van der Waals surface area contributed by atoms with Crippen molar-refractivity contribution in [3.63, 3.8) is 0 Å². The van der Waals surface area contributed by atoms with Crippen LogP contribution in [0.3, 0.4) is 0 Å². The van der Waals surface area contributed by atoms with Crippen LogP contribution in [0.5, 0.6) is 0 Å². The van der Waals surface area contributed by atoms with Gasteiger partial charge in [-0.2, -0.15) is 6.42 Å². The first-order valence-corrected chi connectivity index (χ1v) is 8.42. The van der Waals surface area contributed by atoms with Gasteiger partial charge in [0.15, 0.2) is 0 Å². The molecule has 0 saturated carbocycles. The van der Waals surface area contributed by atoms with E-state index in [0.29, 0.717) is 6.54 Å². The van der Waals surface area contributed by atoms with Crippen molar-refractivity contribution < 1.29 is 14.7 Å². The SMILES string of the molecule is [CH2-]CCN.[Cl][Ti+]([Cl])[Cl]. The van der Waals surface area contributed by atoms with E-state index in [0.717, 1.165) is 6.42 Å². The van der Waals surface area contributed by atoms with E-state index in [1.165, 1.54) is 0 Å². The minimum absolute atomic E-state index is 0.708. The van der Waals surface area contributed by atoms with Crippen LogP contribution in [-0.4, -0.2) is 6.54 Å². The molecule has 0 radical (unpaired) electrons. The molecule has 0 fully saturated rings. The summed E-state index contributed by atoms with van der Waals surface area (Å²) in [4.78, 5) is 0. The molecule has 1 nitrogen and oxygen atoms in total. The molecule has 0 amide bonds. The van der Waals surface area contributed by atoms with E-state index in [1.807, 2.05) is 0 Å². The van der Waals surface area contributed by atoms with Gasteiger partial charge in [-0.05, 0) is 6.54 Å². The van der Waals surface area contributed by atoms with Crippen molar-refractivity contribution >= 4 is 27.9 Å². The van der Waals surface area contributed by atoms with Crippen LogP contribution < -0.4 is 5.73 Å². The molecule has 0 aromatic carbocycles. The standard InChI is InChI=1S/C3H8N.3ClH.Ti/c1-2-3-4;;;;/h1-4H2;3*1H;/q-1;;;;+4/p-3. The molecule has 0 aromatic rings. The first-order chi connectivity index (χ1) is 3.65. The van der Waals surface area contributed by atoms with Crippen LogP contribution in [-0.2, 0) is 14.7 Å². The minimum atomic E-state index is -1.92. The Morgan fingerprint density at radius 2 is 1.50 bits per heavy atom. The Kier molecular flexibility index (Phi) is 17.4. The summed E-state index contributed by atoms with van der Waals surface area (Å²) < 4.78 is 0. The molecular weight excluding hydrogens is 204 g/mol. The van der Waals surface area contributed by atoms with Crippen LogP contribution in [0.15, 0.2) is 0 Å². The second kappa shape index (κ2) is 11.4. The van der Waals surface area contributed by atoms with Crippen molar-refractivity contribution in [2.24, 2.45) is 5.73 Å². The third kappa shape index (κ3) is 49.9. The fourth-order valence-electron chi connectivity index (χ4n) is 0. The van der Waals surface area contributed by atoms with Crippen LogP contribution in [0.25, 0.3) is 0 Å². The third-order valence-electron chi connectivity index (χ3n) is 0.204. The molecule has 0 spiro atoms. The predicted molar refractivity (Wildman–Crippen MR) is 36.6 cm³/mol. The van der Waals surface area contributed by atoms with Crippen LogP contribution >= 0.6 is 27.9 Å². The summed E-state index contributed by atoms with van der Waals surface area (Å²) >= 11 is -1.92. The second-order valence-electron chi connectivity index (χ2n) is 0.857. The Labute approximate surface area is 67.9 Å². The summed E-state index contributed by atoms with van der Waals surface area (Å²) in [7, 11) is 14.9. The monoisotopic (exact) mass is 211 g/mol. The Bertz CT molecular complexity index is 31.0. The molecule has 5 heteroatoms. The summed E-state index contributed by atoms with van der Waals surface area (Å²) in [5.74, 6) is 0. The van der Waals surface area contributed by atoms with E-state index in [1.54, 1.807) is 0 Å². The third-order valence-corrected chi connectivity index (χ3v) is 0.204. The number of hydrogen-bond donors (Lipinski definition) is 1. The van der Waals surface area contributed by atoms with E-state index >= 15 is 0 Å². The van der Waals surface area contributed by atoms with Gasteiger partial charge in [-0.25, -0.2) is 0 Å². The Morgan fingerprint density at radius 1 is 1.38 bits per heavy atom. The number of rotatable bonds is 1. The van der Waals surface area contributed by atoms with Crippen LogP contribution in [0.2, 0.25) is 0 Å². The zero-order valence-electron chi connectivity index (χ0n) is 4.33. The van der Waals surface area contributed by atoms with Gasteiger partial charge in [0.1, 0.15) is 0 Å². The van der Waals surface area contributed by atoms with E-state index in [4.69, 9.17) is 33.6 Å². The van der Waals surface area contributed by atoms with Gasteiger partial charge in [0.25, 0.3) is 0 Å². The molecule has 0 aliphatic heterocycles. The zero-order valence-corrected chi connectivity index (χ0v) is 8.16. The molecule has 8 heavy (non-hydrogen) atoms. The number of nitrogens with two attached hydrogens (primary N) is 1. The number of hydrogen-bond acceptors (Lipinski definition) is 1. The summed E-state index contributed by atoms with van der Waals surface area (Å²) in [5, 5.41) is 0. The van der Waals surface area contributed by atoms with Gasteiger partial charge in [0.05, 0.1) is 0 Å². The van der Waals surface area contributed by atoms with Gasteiger partial charge >= 0.3 is 42.6 Å². The Hall–Kier alpha value is 1.54. The van der Waals surface area contributed by atoms with Crippen molar-refractivity contribution in [2.75, 3.05) is 6.54 Å². The summed E-state index contributed by atoms with van der Waals surface area (Å²) in [6.45, 7) is 4.19. The van der Waals surface area contributed by atoms with Crippen LogP contribution in [0.1, 0.15) is 6.42 Å². The summed E-state index contributed by atoms with van der Waals surface area (Å²) in [6.07, 6.45) is 0.847. The molecule has 0 bridgehead atoms. The molecule has 0 atom stereocenters. The van der Waals surface area contributed by atoms with Crippen molar-refractivity contribution in [2.45, 2.75) is 6.42 Å². The van der Waals surface area contributed by atoms with Crippen molar-refractivity contribution in [3.8, 4) is 0 Å². The molecule has 2 N–H and O–H groups in total. The van der Waals surface area contributed by atoms with E-state index in [9.17, 15) is 0 Å². The van der Waals surface area contributed by atoms with E-state index in [2.05, 4.69) is 6.92 Å². The molecule has 0 heterocycles. The summed E-state index contributed by atoms with van der Waals surface area (Å²) in [5.41, 5.74) is 4.97. The Balaban J connectivity index is 0. The van der Waals surface area contributed by atoms with Gasteiger partial charge < -0.3 is 12.7 Å². The second-order valence-corrected chi connectivity index (χ2v) is 8.59. The molecule has 0 aromatic heterocycles. The average molecular weight is 212 g/mol. The van der Waals surface area contributed by atoms with Crippen molar-refractivity contribution in [1.82, 2.24) is 0 Å². The maximum absolute atomic E-state index is 4.97. The van der Waals surface area contributed by atoms with Crippen LogP contribution in [0.4, 0.5) is 0 Å². The predicted octanol–water partition coefficient (Wildman–Crippen LogP) is 2.24. The number of halogens is 3. The van der Waals surface area contributed by atoms with Gasteiger partial charge in [-0.15, -0.1) is 0 Å². The molecule has 0 rings (SSSR count). The zero-order chi connectivity index (χ0) is 6.99. The average Bonchev–Trinajstić information content (AvgIpc) is 1.65. The van der Waals surface area contributed by atoms with Gasteiger partial charge in [0.2, 0.25) is 0 Å². The quantitative estimate of drug-likeness (QED) is 0.523. The molecule has 50 valence electrons. The summed E-state index contributed by atoms with van der Waals surface area (Å²) in [6, 6.07) is 0. The topological polar surface area (TPSA) is 26.0 Å². The fraction of sp³-hybridized carbons (Fsp3) is 0.667. The van der Waals surface area contributed by atoms with E-state index in [-0.39, 0.29) is 0 Å². The molecule has 0 unspecified atom stereocenters. The van der Waals surface area contributed by atoms with Gasteiger partial charge in [0, 0.05) is 0 Å². The first kappa shape index (κ1) is 12.2. The molecule has 0 aliphatic rings. The Morgan fingerprint density at radius 3 is 1.50 bits per heavy atom. The van der Waals surface area contributed by atoms with Gasteiger partial charge in [-0.3, -0.25) is 0 Å².